The van der Waals surface area contributed by atoms with Gasteiger partial charge in [-0.2, -0.15) is 0 Å². The van der Waals surface area contributed by atoms with Gasteiger partial charge < -0.3 is 15.4 Å². The molecule has 7 nitrogen and oxygen atoms in total. The van der Waals surface area contributed by atoms with Gasteiger partial charge in [0, 0.05) is 25.7 Å². The zero-order valence-electron chi connectivity index (χ0n) is 13.9. The highest BCUT2D eigenvalue weighted by Gasteiger charge is 2.27. The number of hydrogen-bond acceptors (Lipinski definition) is 5. The largest absolute Gasteiger partial charge is 0.444 e. The number of alkyl carbamates (subject to hydrolysis) is 1. The summed E-state index contributed by atoms with van der Waals surface area (Å²) in [6.45, 7) is 7.04. The summed E-state index contributed by atoms with van der Waals surface area (Å²) in [7, 11) is -3.14. The SMILES string of the molecule is CC(C)(C)OC(=O)NCC1CCCC1NCCNS(C)(=O)=O. The first-order valence-corrected chi connectivity index (χ1v) is 9.61. The molecule has 1 fully saturated rings. The molecule has 8 heteroatoms. The van der Waals surface area contributed by atoms with E-state index in [2.05, 4.69) is 15.4 Å². The van der Waals surface area contributed by atoms with Gasteiger partial charge in [-0.25, -0.2) is 17.9 Å². The molecule has 1 rings (SSSR count). The predicted octanol–water partition coefficient (Wildman–Crippen LogP) is 0.819. The lowest BCUT2D eigenvalue weighted by atomic mass is 10.0. The van der Waals surface area contributed by atoms with E-state index in [1.807, 2.05) is 20.8 Å². The molecule has 0 spiro atoms. The summed E-state index contributed by atoms with van der Waals surface area (Å²) in [6.07, 6.45) is 3.96. The topological polar surface area (TPSA) is 96.5 Å². The monoisotopic (exact) mass is 335 g/mol. The molecule has 0 aliphatic heterocycles. The number of amides is 1. The van der Waals surface area contributed by atoms with Gasteiger partial charge in [-0.15, -0.1) is 0 Å². The molecule has 0 aromatic heterocycles. The second-order valence-electron chi connectivity index (χ2n) is 6.80. The number of rotatable bonds is 7. The quantitative estimate of drug-likeness (QED) is 0.599. The van der Waals surface area contributed by atoms with Crippen molar-refractivity contribution in [3.8, 4) is 0 Å². The number of sulfonamides is 1. The van der Waals surface area contributed by atoms with E-state index in [1.165, 1.54) is 0 Å². The van der Waals surface area contributed by atoms with Gasteiger partial charge in [-0.1, -0.05) is 6.42 Å². The fraction of sp³-hybridized carbons (Fsp3) is 0.929. The van der Waals surface area contributed by atoms with Crippen molar-refractivity contribution < 1.29 is 17.9 Å². The summed E-state index contributed by atoms with van der Waals surface area (Å²) in [4.78, 5) is 11.7. The molecule has 0 bridgehead atoms. The van der Waals surface area contributed by atoms with E-state index in [9.17, 15) is 13.2 Å². The third-order valence-corrected chi connectivity index (χ3v) is 4.19. The van der Waals surface area contributed by atoms with Gasteiger partial charge in [-0.3, -0.25) is 0 Å². The van der Waals surface area contributed by atoms with Gasteiger partial charge in [0.05, 0.1) is 6.26 Å². The van der Waals surface area contributed by atoms with E-state index >= 15 is 0 Å². The Morgan fingerprint density at radius 2 is 1.91 bits per heavy atom. The Morgan fingerprint density at radius 1 is 1.23 bits per heavy atom. The van der Waals surface area contributed by atoms with Crippen molar-refractivity contribution in [1.29, 1.82) is 0 Å². The fourth-order valence-electron chi connectivity index (χ4n) is 2.57. The van der Waals surface area contributed by atoms with Gasteiger partial charge in [0.1, 0.15) is 5.60 Å². The number of carbonyl (C=O) groups excluding carboxylic acids is 1. The Kier molecular flexibility index (Phi) is 7.08. The molecule has 1 amide bonds. The maximum atomic E-state index is 11.7. The highest BCUT2D eigenvalue weighted by atomic mass is 32.2. The van der Waals surface area contributed by atoms with Gasteiger partial charge in [0.15, 0.2) is 0 Å². The Morgan fingerprint density at radius 3 is 2.50 bits per heavy atom. The molecule has 2 unspecified atom stereocenters. The van der Waals surface area contributed by atoms with E-state index < -0.39 is 21.7 Å². The van der Waals surface area contributed by atoms with E-state index in [0.29, 0.717) is 31.6 Å². The molecule has 0 aromatic rings. The Hall–Kier alpha value is -0.860. The third kappa shape index (κ3) is 8.55. The van der Waals surface area contributed by atoms with Crippen LogP contribution in [0.15, 0.2) is 0 Å². The summed E-state index contributed by atoms with van der Waals surface area (Å²) in [5.41, 5.74) is -0.491. The van der Waals surface area contributed by atoms with E-state index in [0.717, 1.165) is 25.5 Å². The van der Waals surface area contributed by atoms with Crippen LogP contribution in [0.3, 0.4) is 0 Å². The molecule has 1 aliphatic rings. The molecule has 130 valence electrons. The van der Waals surface area contributed by atoms with Crippen LogP contribution in [0.4, 0.5) is 4.79 Å². The minimum Gasteiger partial charge on any atom is -0.444 e. The van der Waals surface area contributed by atoms with Crippen LogP contribution in [0.25, 0.3) is 0 Å². The van der Waals surface area contributed by atoms with Crippen molar-refractivity contribution in [2.75, 3.05) is 25.9 Å². The lowest BCUT2D eigenvalue weighted by Crippen LogP contribution is -2.43. The first-order chi connectivity index (χ1) is 10.1. The first kappa shape index (κ1) is 19.2. The smallest absolute Gasteiger partial charge is 0.407 e. The fourth-order valence-corrected chi connectivity index (χ4v) is 3.05. The van der Waals surface area contributed by atoms with Crippen molar-refractivity contribution in [1.82, 2.24) is 15.4 Å². The van der Waals surface area contributed by atoms with Gasteiger partial charge in [0.2, 0.25) is 10.0 Å². The van der Waals surface area contributed by atoms with Crippen LogP contribution in [0, 0.1) is 5.92 Å². The number of carbonyl (C=O) groups is 1. The van der Waals surface area contributed by atoms with Crippen molar-refractivity contribution in [2.45, 2.75) is 51.7 Å². The van der Waals surface area contributed by atoms with Crippen molar-refractivity contribution in [3.63, 3.8) is 0 Å². The number of ether oxygens (including phenoxy) is 1. The summed E-state index contributed by atoms with van der Waals surface area (Å²) < 4.78 is 29.6. The van der Waals surface area contributed by atoms with Crippen LogP contribution < -0.4 is 15.4 Å². The van der Waals surface area contributed by atoms with Gasteiger partial charge in [0.25, 0.3) is 0 Å². The molecule has 0 heterocycles. The van der Waals surface area contributed by atoms with E-state index in [-0.39, 0.29) is 0 Å². The summed E-state index contributed by atoms with van der Waals surface area (Å²) in [6, 6.07) is 0.302. The molecular formula is C14H29N3O4S. The average Bonchev–Trinajstić information content (AvgIpc) is 2.76. The molecule has 0 saturated heterocycles. The minimum atomic E-state index is -3.14. The molecule has 1 aliphatic carbocycles. The second kappa shape index (κ2) is 8.12. The summed E-state index contributed by atoms with van der Waals surface area (Å²) >= 11 is 0. The zero-order valence-corrected chi connectivity index (χ0v) is 14.8. The molecule has 1 saturated carbocycles. The van der Waals surface area contributed by atoms with Crippen molar-refractivity contribution in [2.24, 2.45) is 5.92 Å². The maximum absolute atomic E-state index is 11.7. The van der Waals surface area contributed by atoms with Crippen LogP contribution in [-0.4, -0.2) is 52.0 Å². The molecule has 3 N–H and O–H groups in total. The predicted molar refractivity (Wildman–Crippen MR) is 86.2 cm³/mol. The van der Waals surface area contributed by atoms with Crippen LogP contribution in [0.2, 0.25) is 0 Å². The molecule has 2 atom stereocenters. The number of nitrogens with one attached hydrogen (secondary N) is 3. The van der Waals surface area contributed by atoms with Crippen LogP contribution in [0.1, 0.15) is 40.0 Å². The lowest BCUT2D eigenvalue weighted by Gasteiger charge is -2.23. The average molecular weight is 335 g/mol. The first-order valence-electron chi connectivity index (χ1n) is 7.72. The number of hydrogen-bond donors (Lipinski definition) is 3. The molecule has 0 radical (unpaired) electrons. The van der Waals surface area contributed by atoms with Crippen LogP contribution in [0.5, 0.6) is 0 Å². The van der Waals surface area contributed by atoms with Gasteiger partial charge >= 0.3 is 6.09 Å². The molecular weight excluding hydrogens is 306 g/mol. The lowest BCUT2D eigenvalue weighted by molar-refractivity contribution is 0.0517. The summed E-state index contributed by atoms with van der Waals surface area (Å²) in [5, 5.41) is 6.17. The Bertz CT molecular complexity index is 459. The van der Waals surface area contributed by atoms with E-state index in [4.69, 9.17) is 4.74 Å². The highest BCUT2D eigenvalue weighted by molar-refractivity contribution is 7.88. The van der Waals surface area contributed by atoms with Gasteiger partial charge in [-0.05, 0) is 39.5 Å². The zero-order chi connectivity index (χ0) is 16.8. The minimum absolute atomic E-state index is 0.302. The molecule has 22 heavy (non-hydrogen) atoms. The normalized spacial score (nSPS) is 22.5. The Labute approximate surface area is 133 Å². The standard InChI is InChI=1S/C14H29N3O4S/c1-14(2,3)21-13(18)16-10-11-6-5-7-12(11)15-8-9-17-22(4,19)20/h11-12,15,17H,5-10H2,1-4H3,(H,16,18). The second-order valence-corrected chi connectivity index (χ2v) is 8.63. The van der Waals surface area contributed by atoms with Crippen LogP contribution in [-0.2, 0) is 14.8 Å². The van der Waals surface area contributed by atoms with E-state index in [1.54, 1.807) is 0 Å². The third-order valence-electron chi connectivity index (χ3n) is 3.46. The Balaban J connectivity index is 2.27. The van der Waals surface area contributed by atoms with Crippen molar-refractivity contribution in [3.05, 3.63) is 0 Å². The maximum Gasteiger partial charge on any atom is 0.407 e. The van der Waals surface area contributed by atoms with Crippen molar-refractivity contribution >= 4 is 16.1 Å². The highest BCUT2D eigenvalue weighted by Crippen LogP contribution is 2.25. The van der Waals surface area contributed by atoms with Crippen LogP contribution >= 0.6 is 0 Å². The summed E-state index contributed by atoms with van der Waals surface area (Å²) in [5.74, 6) is 0.353. The molecule has 0 aromatic carbocycles.